The average Bonchev–Trinajstić information content (AvgIpc) is 3.02. The van der Waals surface area contributed by atoms with Crippen molar-refractivity contribution in [2.24, 2.45) is 5.92 Å². The average molecular weight is 279 g/mol. The van der Waals surface area contributed by atoms with Crippen LogP contribution < -0.4 is 0 Å². The first-order valence-electron chi connectivity index (χ1n) is 7.11. The van der Waals surface area contributed by atoms with E-state index in [4.69, 9.17) is 0 Å². The molecule has 7 nitrogen and oxygen atoms in total. The maximum atomic E-state index is 12.4. The Morgan fingerprint density at radius 1 is 1.45 bits per heavy atom. The predicted octanol–water partition coefficient (Wildman–Crippen LogP) is 0.525. The van der Waals surface area contributed by atoms with Crippen LogP contribution in [-0.4, -0.2) is 63.2 Å². The maximum absolute atomic E-state index is 12.4. The molecule has 1 N–H and O–H groups in total. The van der Waals surface area contributed by atoms with Crippen molar-refractivity contribution >= 4 is 11.8 Å². The molecule has 0 spiro atoms. The summed E-state index contributed by atoms with van der Waals surface area (Å²) in [7, 11) is 0. The van der Waals surface area contributed by atoms with E-state index in [1.54, 1.807) is 4.90 Å². The van der Waals surface area contributed by atoms with Gasteiger partial charge in [-0.2, -0.15) is 15.4 Å². The van der Waals surface area contributed by atoms with Crippen molar-refractivity contribution in [2.45, 2.75) is 26.7 Å². The van der Waals surface area contributed by atoms with Gasteiger partial charge in [-0.1, -0.05) is 0 Å². The van der Waals surface area contributed by atoms with Gasteiger partial charge in [0.05, 0.1) is 12.1 Å². The molecule has 1 saturated heterocycles. The number of hydrogen-bond donors (Lipinski definition) is 1. The van der Waals surface area contributed by atoms with E-state index in [1.807, 2.05) is 18.7 Å². The lowest BCUT2D eigenvalue weighted by Gasteiger charge is -2.34. The monoisotopic (exact) mass is 279 g/mol. The molecule has 0 aliphatic carbocycles. The van der Waals surface area contributed by atoms with Gasteiger partial charge in [-0.05, 0) is 26.7 Å². The quantitative estimate of drug-likeness (QED) is 0.871. The number of nitrogens with zero attached hydrogens (tertiary/aromatic N) is 4. The Morgan fingerprint density at radius 3 is 2.80 bits per heavy atom. The second-order valence-electron chi connectivity index (χ2n) is 4.96. The first-order valence-corrected chi connectivity index (χ1v) is 7.11. The van der Waals surface area contributed by atoms with Gasteiger partial charge >= 0.3 is 0 Å². The number of H-pyrrole nitrogens is 1. The Kier molecular flexibility index (Phi) is 4.70. The number of piperidine rings is 1. The van der Waals surface area contributed by atoms with Crippen molar-refractivity contribution < 1.29 is 9.59 Å². The number of carbonyl (C=O) groups excluding carboxylic acids is 2. The van der Waals surface area contributed by atoms with Crippen LogP contribution in [-0.2, 0) is 4.79 Å². The van der Waals surface area contributed by atoms with Crippen LogP contribution >= 0.6 is 0 Å². The lowest BCUT2D eigenvalue weighted by atomic mass is 9.96. The number of aromatic nitrogens is 3. The zero-order valence-electron chi connectivity index (χ0n) is 12.0. The van der Waals surface area contributed by atoms with Crippen LogP contribution in [0.5, 0.6) is 0 Å². The highest BCUT2D eigenvalue weighted by atomic mass is 16.2. The fourth-order valence-corrected chi connectivity index (χ4v) is 2.62. The van der Waals surface area contributed by atoms with E-state index in [9.17, 15) is 9.59 Å². The van der Waals surface area contributed by atoms with E-state index in [2.05, 4.69) is 15.4 Å². The molecule has 1 aliphatic rings. The van der Waals surface area contributed by atoms with Gasteiger partial charge in [0.1, 0.15) is 0 Å². The standard InChI is InChI=1S/C13H21N5O2/c1-3-17(4-2)12(19)10-6-5-7-18(9-10)13(20)11-8-14-16-15-11/h8,10H,3-7,9H2,1-2H3,(H,14,15,16)/t10-/m1/s1. The Bertz CT molecular complexity index is 455. The molecule has 1 atom stereocenters. The first-order chi connectivity index (χ1) is 9.67. The summed E-state index contributed by atoms with van der Waals surface area (Å²) in [6, 6.07) is 0. The van der Waals surface area contributed by atoms with Crippen LogP contribution in [0.1, 0.15) is 37.2 Å². The summed E-state index contributed by atoms with van der Waals surface area (Å²) in [5.41, 5.74) is 0.306. The van der Waals surface area contributed by atoms with Gasteiger partial charge in [0.25, 0.3) is 5.91 Å². The number of nitrogens with one attached hydrogen (secondary N) is 1. The predicted molar refractivity (Wildman–Crippen MR) is 72.9 cm³/mol. The Hall–Kier alpha value is -1.92. The van der Waals surface area contributed by atoms with Crippen LogP contribution in [0.3, 0.4) is 0 Å². The Labute approximate surface area is 118 Å². The van der Waals surface area contributed by atoms with Crippen molar-refractivity contribution in [2.75, 3.05) is 26.2 Å². The van der Waals surface area contributed by atoms with Gasteiger partial charge in [-0.3, -0.25) is 9.59 Å². The molecule has 7 heteroatoms. The molecule has 2 heterocycles. The molecule has 0 aromatic carbocycles. The second-order valence-corrected chi connectivity index (χ2v) is 4.96. The third kappa shape index (κ3) is 2.97. The number of hydrogen-bond acceptors (Lipinski definition) is 4. The van der Waals surface area contributed by atoms with Gasteiger partial charge in [0.15, 0.2) is 5.69 Å². The van der Waals surface area contributed by atoms with Crippen molar-refractivity contribution in [1.82, 2.24) is 25.2 Å². The van der Waals surface area contributed by atoms with Crippen LogP contribution in [0.15, 0.2) is 6.20 Å². The summed E-state index contributed by atoms with van der Waals surface area (Å²) in [5, 5.41) is 9.89. The number of carbonyl (C=O) groups is 2. The molecule has 2 rings (SSSR count). The first kappa shape index (κ1) is 14.5. The van der Waals surface area contributed by atoms with Crippen molar-refractivity contribution in [3.63, 3.8) is 0 Å². The number of likely N-dealkylation sites (tertiary alicyclic amines) is 1. The van der Waals surface area contributed by atoms with Crippen LogP contribution in [0.25, 0.3) is 0 Å². The summed E-state index contributed by atoms with van der Waals surface area (Å²) in [5.74, 6) is -0.108. The van der Waals surface area contributed by atoms with Crippen molar-refractivity contribution in [1.29, 1.82) is 0 Å². The van der Waals surface area contributed by atoms with E-state index in [1.165, 1.54) is 6.20 Å². The van der Waals surface area contributed by atoms with Crippen LogP contribution in [0.4, 0.5) is 0 Å². The summed E-state index contributed by atoms with van der Waals surface area (Å²) in [6.07, 6.45) is 3.11. The molecule has 0 unspecified atom stereocenters. The zero-order valence-corrected chi connectivity index (χ0v) is 12.0. The fourth-order valence-electron chi connectivity index (χ4n) is 2.62. The number of amides is 2. The molecule has 1 aromatic rings. The molecule has 1 fully saturated rings. The van der Waals surface area contributed by atoms with Crippen molar-refractivity contribution in [3.8, 4) is 0 Å². The van der Waals surface area contributed by atoms with Gasteiger partial charge in [0, 0.05) is 26.2 Å². The zero-order chi connectivity index (χ0) is 14.5. The SMILES string of the molecule is CCN(CC)C(=O)[C@@H]1CCCN(C(=O)c2cn[nH]n2)C1. The topological polar surface area (TPSA) is 82.2 Å². The minimum atomic E-state index is -0.157. The molecule has 1 aromatic heterocycles. The summed E-state index contributed by atoms with van der Waals surface area (Å²) in [4.78, 5) is 28.1. The molecule has 20 heavy (non-hydrogen) atoms. The maximum Gasteiger partial charge on any atom is 0.276 e. The van der Waals surface area contributed by atoms with E-state index in [0.29, 0.717) is 31.9 Å². The van der Waals surface area contributed by atoms with E-state index in [-0.39, 0.29) is 17.7 Å². The van der Waals surface area contributed by atoms with Gasteiger partial charge in [-0.25, -0.2) is 0 Å². The van der Waals surface area contributed by atoms with Crippen LogP contribution in [0, 0.1) is 5.92 Å². The van der Waals surface area contributed by atoms with Gasteiger partial charge in [-0.15, -0.1) is 0 Å². The molecule has 2 amide bonds. The van der Waals surface area contributed by atoms with Gasteiger partial charge in [0.2, 0.25) is 5.91 Å². The largest absolute Gasteiger partial charge is 0.343 e. The Morgan fingerprint density at radius 2 is 2.20 bits per heavy atom. The molecular weight excluding hydrogens is 258 g/mol. The highest BCUT2D eigenvalue weighted by Gasteiger charge is 2.31. The smallest absolute Gasteiger partial charge is 0.276 e. The van der Waals surface area contributed by atoms with Gasteiger partial charge < -0.3 is 9.80 Å². The molecular formula is C13H21N5O2. The van der Waals surface area contributed by atoms with Crippen LogP contribution in [0.2, 0.25) is 0 Å². The summed E-state index contributed by atoms with van der Waals surface area (Å²) >= 11 is 0. The molecule has 0 bridgehead atoms. The Balaban J connectivity index is 2.01. The number of aromatic amines is 1. The molecule has 110 valence electrons. The minimum absolute atomic E-state index is 0.0977. The van der Waals surface area contributed by atoms with E-state index >= 15 is 0 Å². The highest BCUT2D eigenvalue weighted by molar-refractivity contribution is 5.92. The third-order valence-electron chi connectivity index (χ3n) is 3.77. The fraction of sp³-hybridized carbons (Fsp3) is 0.692. The summed E-state index contributed by atoms with van der Waals surface area (Å²) < 4.78 is 0. The number of rotatable bonds is 4. The summed E-state index contributed by atoms with van der Waals surface area (Å²) in [6.45, 7) is 6.52. The normalized spacial score (nSPS) is 18.9. The lowest BCUT2D eigenvalue weighted by Crippen LogP contribution is -2.46. The molecule has 0 radical (unpaired) electrons. The third-order valence-corrected chi connectivity index (χ3v) is 3.77. The lowest BCUT2D eigenvalue weighted by molar-refractivity contribution is -0.136. The molecule has 0 saturated carbocycles. The minimum Gasteiger partial charge on any atom is -0.343 e. The highest BCUT2D eigenvalue weighted by Crippen LogP contribution is 2.20. The van der Waals surface area contributed by atoms with E-state index in [0.717, 1.165) is 12.8 Å². The van der Waals surface area contributed by atoms with Crippen molar-refractivity contribution in [3.05, 3.63) is 11.9 Å². The molecule has 1 aliphatic heterocycles. The van der Waals surface area contributed by atoms with E-state index < -0.39 is 0 Å². The second kappa shape index (κ2) is 6.49.